The Morgan fingerprint density at radius 1 is 1.40 bits per heavy atom. The van der Waals surface area contributed by atoms with Crippen molar-refractivity contribution in [2.24, 2.45) is 4.99 Å². The zero-order valence-corrected chi connectivity index (χ0v) is 13.9. The van der Waals surface area contributed by atoms with E-state index in [-0.39, 0.29) is 35.9 Å². The number of ether oxygens (including phenoxy) is 2. The van der Waals surface area contributed by atoms with Crippen molar-refractivity contribution in [1.29, 1.82) is 0 Å². The molecule has 1 aliphatic heterocycles. The van der Waals surface area contributed by atoms with Crippen LogP contribution in [0, 0.1) is 0 Å². The van der Waals surface area contributed by atoms with Gasteiger partial charge in [0, 0.05) is 5.75 Å². The van der Waals surface area contributed by atoms with E-state index < -0.39 is 35.5 Å². The fourth-order valence-electron chi connectivity index (χ4n) is 2.35. The maximum Gasteiger partial charge on any atom is 0.434 e. The quantitative estimate of drug-likeness (QED) is 0.575. The molecular formula is C14H13F5N2O3S. The third-order valence-corrected chi connectivity index (χ3v) is 3.86. The molecule has 0 N–H and O–H groups in total. The molecule has 0 saturated heterocycles. The fourth-order valence-corrected chi connectivity index (χ4v) is 2.93. The summed E-state index contributed by atoms with van der Waals surface area (Å²) in [5.74, 6) is -1.72. The van der Waals surface area contributed by atoms with E-state index in [9.17, 15) is 26.7 Å². The van der Waals surface area contributed by atoms with E-state index >= 15 is 0 Å². The lowest BCUT2D eigenvalue weighted by Crippen LogP contribution is -2.24. The first-order valence-electron chi connectivity index (χ1n) is 6.89. The van der Waals surface area contributed by atoms with Crippen molar-refractivity contribution >= 4 is 23.6 Å². The topological polar surface area (TPSA) is 60.8 Å². The van der Waals surface area contributed by atoms with Gasteiger partial charge in [0.1, 0.15) is 12.3 Å². The number of aromatic nitrogens is 1. The van der Waals surface area contributed by atoms with Crippen LogP contribution in [0.4, 0.5) is 22.0 Å². The number of alkyl halides is 5. The molecule has 25 heavy (non-hydrogen) atoms. The Bertz CT molecular complexity index is 707. The smallest absolute Gasteiger partial charge is 0.434 e. The van der Waals surface area contributed by atoms with E-state index in [4.69, 9.17) is 4.74 Å². The molecule has 0 spiro atoms. The summed E-state index contributed by atoms with van der Waals surface area (Å²) in [7, 11) is 0.898. The minimum Gasteiger partial charge on any atom is -0.475 e. The fraction of sp³-hybridized carbons (Fsp3) is 0.500. The van der Waals surface area contributed by atoms with Gasteiger partial charge in [-0.3, -0.25) is 0 Å². The normalized spacial score (nSPS) is 14.5. The summed E-state index contributed by atoms with van der Waals surface area (Å²) >= 11 is 1.05. The van der Waals surface area contributed by atoms with Gasteiger partial charge < -0.3 is 9.47 Å². The Morgan fingerprint density at radius 2 is 2.08 bits per heavy atom. The molecule has 0 aromatic carbocycles. The summed E-state index contributed by atoms with van der Waals surface area (Å²) in [6.07, 6.45) is -6.87. The number of hydrogen-bond donors (Lipinski definition) is 0. The van der Waals surface area contributed by atoms with Crippen molar-refractivity contribution < 1.29 is 36.2 Å². The average molecular weight is 384 g/mol. The lowest BCUT2D eigenvalue weighted by Gasteiger charge is -2.20. The highest BCUT2D eigenvalue weighted by atomic mass is 32.2. The van der Waals surface area contributed by atoms with Crippen LogP contribution in [0.2, 0.25) is 0 Å². The van der Waals surface area contributed by atoms with Gasteiger partial charge in [-0.25, -0.2) is 23.6 Å². The zero-order valence-electron chi connectivity index (χ0n) is 13.1. The molecule has 0 radical (unpaired) electrons. The van der Waals surface area contributed by atoms with Crippen LogP contribution >= 0.6 is 11.8 Å². The van der Waals surface area contributed by atoms with Crippen molar-refractivity contribution in [2.45, 2.75) is 18.4 Å². The molecule has 0 saturated carbocycles. The van der Waals surface area contributed by atoms with Crippen molar-refractivity contribution in [3.05, 3.63) is 28.1 Å². The number of carbonyl (C=O) groups is 1. The van der Waals surface area contributed by atoms with E-state index in [1.165, 1.54) is 0 Å². The summed E-state index contributed by atoms with van der Waals surface area (Å²) in [5, 5.41) is 0. The monoisotopic (exact) mass is 384 g/mol. The molecule has 0 aliphatic carbocycles. The van der Waals surface area contributed by atoms with Crippen molar-refractivity contribution in [3.63, 3.8) is 0 Å². The van der Waals surface area contributed by atoms with Crippen LogP contribution in [-0.2, 0) is 21.4 Å². The summed E-state index contributed by atoms with van der Waals surface area (Å²) in [5.41, 5.74) is -4.39. The van der Waals surface area contributed by atoms with E-state index in [2.05, 4.69) is 14.7 Å². The second-order valence-electron chi connectivity index (χ2n) is 4.83. The highest BCUT2D eigenvalue weighted by molar-refractivity contribution is 7.97. The Balaban J connectivity index is 2.92. The van der Waals surface area contributed by atoms with Gasteiger partial charge in [-0.05, 0) is 11.8 Å². The van der Waals surface area contributed by atoms with Gasteiger partial charge in [-0.1, -0.05) is 0 Å². The number of aliphatic imine (C=N–C) groups is 1. The van der Waals surface area contributed by atoms with Crippen molar-refractivity contribution in [1.82, 2.24) is 4.98 Å². The standard InChI is InChI=1S/C14H13F5N2O3S/c1-23-13(22)8-6(5-25-2)7(12-20-3-4-24-12)9(11(15)16)21-10(8)14(17,18)19/h11H,3-5H2,1-2H3. The molecule has 0 amide bonds. The minimum atomic E-state index is -5.11. The first-order chi connectivity index (χ1) is 11.7. The van der Waals surface area contributed by atoms with Gasteiger partial charge in [-0.15, -0.1) is 0 Å². The van der Waals surface area contributed by atoms with Gasteiger partial charge in [-0.2, -0.15) is 24.9 Å². The number of carbonyl (C=O) groups excluding carboxylic acids is 1. The first kappa shape index (κ1) is 19.4. The lowest BCUT2D eigenvalue weighted by atomic mass is 9.98. The maximum atomic E-state index is 13.4. The summed E-state index contributed by atoms with van der Waals surface area (Å²) in [6.45, 7) is 0.274. The summed E-state index contributed by atoms with van der Waals surface area (Å²) in [4.78, 5) is 18.9. The molecule has 1 aromatic rings. The maximum absolute atomic E-state index is 13.4. The predicted octanol–water partition coefficient (Wildman–Crippen LogP) is 3.46. The molecule has 138 valence electrons. The van der Waals surface area contributed by atoms with Gasteiger partial charge in [0.05, 0.1) is 24.8 Å². The second-order valence-corrected chi connectivity index (χ2v) is 5.70. The predicted molar refractivity (Wildman–Crippen MR) is 80.1 cm³/mol. The molecule has 5 nitrogen and oxygen atoms in total. The number of pyridine rings is 1. The second kappa shape index (κ2) is 7.54. The average Bonchev–Trinajstić information content (AvgIpc) is 3.06. The number of thioether (sulfide) groups is 1. The largest absolute Gasteiger partial charge is 0.475 e. The van der Waals surface area contributed by atoms with E-state index in [0.29, 0.717) is 0 Å². The molecule has 2 rings (SSSR count). The number of hydrogen-bond acceptors (Lipinski definition) is 6. The molecule has 0 unspecified atom stereocenters. The van der Waals surface area contributed by atoms with Crippen LogP contribution in [0.25, 0.3) is 0 Å². The Hall–Kier alpha value is -1.91. The summed E-state index contributed by atoms with van der Waals surface area (Å²) in [6, 6.07) is 0. The van der Waals surface area contributed by atoms with Crippen molar-refractivity contribution in [3.8, 4) is 0 Å². The lowest BCUT2D eigenvalue weighted by molar-refractivity contribution is -0.142. The van der Waals surface area contributed by atoms with Gasteiger partial charge in [0.15, 0.2) is 5.69 Å². The number of nitrogens with zero attached hydrogens (tertiary/aromatic N) is 2. The molecule has 1 aromatic heterocycles. The number of halogens is 5. The summed E-state index contributed by atoms with van der Waals surface area (Å²) < 4.78 is 76.4. The Morgan fingerprint density at radius 3 is 2.52 bits per heavy atom. The molecule has 0 fully saturated rings. The molecule has 1 aliphatic rings. The van der Waals surface area contributed by atoms with Crippen LogP contribution in [0.15, 0.2) is 4.99 Å². The highest BCUT2D eigenvalue weighted by Gasteiger charge is 2.42. The number of rotatable bonds is 5. The van der Waals surface area contributed by atoms with E-state index in [0.717, 1.165) is 18.9 Å². The van der Waals surface area contributed by atoms with Crippen LogP contribution < -0.4 is 0 Å². The molecule has 2 heterocycles. The number of methoxy groups -OCH3 is 1. The van der Waals surface area contributed by atoms with Gasteiger partial charge >= 0.3 is 12.1 Å². The molecule has 0 bridgehead atoms. The van der Waals surface area contributed by atoms with Gasteiger partial charge in [0.2, 0.25) is 5.90 Å². The van der Waals surface area contributed by atoms with Crippen molar-refractivity contribution in [2.75, 3.05) is 26.5 Å². The van der Waals surface area contributed by atoms with E-state index in [1.54, 1.807) is 6.26 Å². The van der Waals surface area contributed by atoms with Crippen LogP contribution in [0.5, 0.6) is 0 Å². The SMILES string of the molecule is COC(=O)c1c(C(F)(F)F)nc(C(F)F)c(C2=NCCO2)c1CSC. The minimum absolute atomic E-state index is 0.102. The van der Waals surface area contributed by atoms with Crippen LogP contribution in [0.3, 0.4) is 0 Å². The van der Waals surface area contributed by atoms with Crippen LogP contribution in [0.1, 0.15) is 39.3 Å². The molecular weight excluding hydrogens is 371 g/mol. The third kappa shape index (κ3) is 3.86. The molecule has 0 atom stereocenters. The molecule has 11 heteroatoms. The van der Waals surface area contributed by atoms with Gasteiger partial charge in [0.25, 0.3) is 6.43 Å². The Labute approximate surface area is 143 Å². The number of esters is 1. The van der Waals surface area contributed by atoms with E-state index in [1.807, 2.05) is 0 Å². The third-order valence-electron chi connectivity index (χ3n) is 3.28. The van der Waals surface area contributed by atoms with Crippen LogP contribution in [-0.4, -0.2) is 43.4 Å². The first-order valence-corrected chi connectivity index (χ1v) is 8.28. The Kier molecular flexibility index (Phi) is 5.86. The zero-order chi connectivity index (χ0) is 18.8. The highest BCUT2D eigenvalue weighted by Crippen LogP contribution is 2.38.